The number of ether oxygens (including phenoxy) is 1. The van der Waals surface area contributed by atoms with Gasteiger partial charge in [-0.3, -0.25) is 4.79 Å². The largest absolute Gasteiger partial charge is 0.481 e. The quantitative estimate of drug-likeness (QED) is 0.299. The molecule has 0 aliphatic heterocycles. The Hall–Kier alpha value is -2.20. The molecule has 1 amide bonds. The van der Waals surface area contributed by atoms with E-state index in [-0.39, 0.29) is 10.7 Å². The van der Waals surface area contributed by atoms with Gasteiger partial charge in [-0.25, -0.2) is 15.2 Å². The number of carboxylic acids is 1. The molecule has 0 atom stereocenters. The van der Waals surface area contributed by atoms with Gasteiger partial charge in [0.05, 0.1) is 15.3 Å². The number of carbonyl (C=O) groups excluding carboxylic acids is 1. The van der Waals surface area contributed by atoms with Crippen molar-refractivity contribution >= 4 is 52.3 Å². The molecule has 9 heteroatoms. The van der Waals surface area contributed by atoms with Crippen molar-refractivity contribution in [3.63, 3.8) is 0 Å². The molecule has 2 aromatic rings. The van der Waals surface area contributed by atoms with Gasteiger partial charge >= 0.3 is 5.97 Å². The van der Waals surface area contributed by atoms with Gasteiger partial charge in [0, 0.05) is 6.20 Å². The van der Waals surface area contributed by atoms with Crippen LogP contribution in [0, 0.1) is 3.57 Å². The topological polar surface area (TPSA) is 101 Å². The van der Waals surface area contributed by atoms with Crippen molar-refractivity contribution < 1.29 is 19.4 Å². The van der Waals surface area contributed by atoms with Gasteiger partial charge in [-0.05, 0) is 58.5 Å². The lowest BCUT2D eigenvalue weighted by atomic mass is 10.2. The van der Waals surface area contributed by atoms with E-state index in [1.807, 2.05) is 22.6 Å². The Morgan fingerprint density at radius 3 is 2.88 bits per heavy atom. The number of hydrogen-bond acceptors (Lipinski definition) is 5. The molecule has 1 aromatic carbocycles. The molecule has 0 aliphatic carbocycles. The van der Waals surface area contributed by atoms with E-state index in [1.165, 1.54) is 18.5 Å². The number of pyridine rings is 1. The number of halogens is 2. The smallest absolute Gasteiger partial charge is 0.341 e. The highest BCUT2D eigenvalue weighted by molar-refractivity contribution is 14.1. The normalized spacial score (nSPS) is 10.6. The number of aliphatic carboxylic acids is 1. The van der Waals surface area contributed by atoms with E-state index in [2.05, 4.69) is 15.5 Å². The van der Waals surface area contributed by atoms with Crippen molar-refractivity contribution in [2.75, 3.05) is 6.61 Å². The Labute approximate surface area is 155 Å². The average molecular weight is 460 g/mol. The number of amides is 1. The molecule has 0 fully saturated rings. The van der Waals surface area contributed by atoms with Crippen LogP contribution in [0.25, 0.3) is 0 Å². The molecule has 0 aliphatic rings. The van der Waals surface area contributed by atoms with E-state index < -0.39 is 18.5 Å². The summed E-state index contributed by atoms with van der Waals surface area (Å²) < 4.78 is 5.85. The number of hydrogen-bond donors (Lipinski definition) is 2. The summed E-state index contributed by atoms with van der Waals surface area (Å²) in [7, 11) is 0. The predicted molar refractivity (Wildman–Crippen MR) is 96.6 cm³/mol. The minimum Gasteiger partial charge on any atom is -0.481 e. The second-order valence-electron chi connectivity index (χ2n) is 4.41. The van der Waals surface area contributed by atoms with Crippen LogP contribution in [0.5, 0.6) is 5.75 Å². The van der Waals surface area contributed by atoms with Gasteiger partial charge in [0.2, 0.25) is 0 Å². The van der Waals surface area contributed by atoms with Crippen LogP contribution in [0.2, 0.25) is 5.15 Å². The van der Waals surface area contributed by atoms with Gasteiger partial charge in [0.25, 0.3) is 5.91 Å². The molecular weight excluding hydrogens is 449 g/mol. The Balaban J connectivity index is 1.99. The number of nitrogens with zero attached hydrogens (tertiary/aromatic N) is 2. The zero-order valence-electron chi connectivity index (χ0n) is 12.1. The van der Waals surface area contributed by atoms with E-state index in [0.717, 1.165) is 3.57 Å². The number of carbonyl (C=O) groups is 2. The van der Waals surface area contributed by atoms with Crippen LogP contribution < -0.4 is 10.2 Å². The summed E-state index contributed by atoms with van der Waals surface area (Å²) in [5.41, 5.74) is 3.29. The van der Waals surface area contributed by atoms with Crippen LogP contribution in [-0.4, -0.2) is 34.8 Å². The van der Waals surface area contributed by atoms with Gasteiger partial charge in [0.1, 0.15) is 10.9 Å². The van der Waals surface area contributed by atoms with Gasteiger partial charge in [-0.1, -0.05) is 11.6 Å². The summed E-state index contributed by atoms with van der Waals surface area (Å²) in [4.78, 5) is 26.2. The molecule has 1 aromatic heterocycles. The van der Waals surface area contributed by atoms with Gasteiger partial charge in [-0.15, -0.1) is 0 Å². The first kappa shape index (κ1) is 18.1. The van der Waals surface area contributed by atoms with Crippen molar-refractivity contribution in [1.82, 2.24) is 10.4 Å². The molecule has 2 N–H and O–H groups in total. The summed E-state index contributed by atoms with van der Waals surface area (Å²) in [6.45, 7) is -0.411. The molecule has 0 bridgehead atoms. The van der Waals surface area contributed by atoms with E-state index in [4.69, 9.17) is 21.4 Å². The predicted octanol–water partition coefficient (Wildman–Crippen LogP) is 2.57. The van der Waals surface area contributed by atoms with E-state index in [0.29, 0.717) is 11.3 Å². The van der Waals surface area contributed by atoms with Crippen molar-refractivity contribution in [1.29, 1.82) is 0 Å². The van der Waals surface area contributed by atoms with Crippen LogP contribution in [0.1, 0.15) is 15.9 Å². The monoisotopic (exact) mass is 459 g/mol. The zero-order valence-corrected chi connectivity index (χ0v) is 15.0. The van der Waals surface area contributed by atoms with Crippen molar-refractivity contribution in [3.05, 3.63) is 56.4 Å². The molecule has 0 saturated carbocycles. The van der Waals surface area contributed by atoms with Crippen LogP contribution in [-0.2, 0) is 4.79 Å². The standard InChI is InChI=1S/C15H11ClIN3O4/c16-14-10(2-1-5-18-14)15(23)20-19-7-9-3-4-12(11(17)6-9)24-8-13(21)22/h1-7H,8H2,(H,20,23)(H,21,22). The SMILES string of the molecule is O=C(O)COc1ccc(C=NNC(=O)c2cccnc2Cl)cc1I. The Bertz CT molecular complexity index is 798. The first-order valence-corrected chi connectivity index (χ1v) is 8.01. The Kier molecular flexibility index (Phi) is 6.50. The van der Waals surface area contributed by atoms with Crippen molar-refractivity contribution in [2.45, 2.75) is 0 Å². The number of benzene rings is 1. The molecule has 24 heavy (non-hydrogen) atoms. The van der Waals surface area contributed by atoms with Crippen LogP contribution in [0.15, 0.2) is 41.6 Å². The minimum absolute atomic E-state index is 0.0969. The Morgan fingerprint density at radius 2 is 2.21 bits per heavy atom. The molecule has 0 saturated heterocycles. The molecule has 0 radical (unpaired) electrons. The van der Waals surface area contributed by atoms with Crippen LogP contribution >= 0.6 is 34.2 Å². The lowest BCUT2D eigenvalue weighted by molar-refractivity contribution is -0.139. The molecular formula is C15H11ClIN3O4. The molecule has 0 unspecified atom stereocenters. The highest BCUT2D eigenvalue weighted by Crippen LogP contribution is 2.21. The number of aromatic nitrogens is 1. The lowest BCUT2D eigenvalue weighted by Crippen LogP contribution is -2.18. The first-order chi connectivity index (χ1) is 11.5. The maximum atomic E-state index is 11.9. The second-order valence-corrected chi connectivity index (χ2v) is 5.93. The van der Waals surface area contributed by atoms with Crippen molar-refractivity contribution in [3.8, 4) is 5.75 Å². The number of rotatable bonds is 6. The highest BCUT2D eigenvalue weighted by Gasteiger charge is 2.09. The second kappa shape index (κ2) is 8.60. The highest BCUT2D eigenvalue weighted by atomic mass is 127. The first-order valence-electron chi connectivity index (χ1n) is 6.55. The fraction of sp³-hybridized carbons (Fsp3) is 0.0667. The Morgan fingerprint density at radius 1 is 1.42 bits per heavy atom. The maximum absolute atomic E-state index is 11.9. The number of carboxylic acid groups (broad SMARTS) is 1. The van der Waals surface area contributed by atoms with Crippen molar-refractivity contribution in [2.24, 2.45) is 5.10 Å². The zero-order chi connectivity index (χ0) is 17.5. The van der Waals surface area contributed by atoms with Gasteiger partial charge < -0.3 is 9.84 Å². The van der Waals surface area contributed by atoms with Crippen LogP contribution in [0.3, 0.4) is 0 Å². The summed E-state index contributed by atoms with van der Waals surface area (Å²) in [6.07, 6.45) is 2.93. The third-order valence-electron chi connectivity index (χ3n) is 2.69. The molecule has 1 heterocycles. The summed E-state index contributed by atoms with van der Waals surface area (Å²) in [6, 6.07) is 8.20. The number of hydrazone groups is 1. The number of nitrogens with one attached hydrogen (secondary N) is 1. The summed E-state index contributed by atoms with van der Waals surface area (Å²) >= 11 is 7.84. The summed E-state index contributed by atoms with van der Waals surface area (Å²) in [5.74, 6) is -1.06. The fourth-order valence-corrected chi connectivity index (χ4v) is 2.54. The van der Waals surface area contributed by atoms with Crippen LogP contribution in [0.4, 0.5) is 0 Å². The van der Waals surface area contributed by atoms with Gasteiger partial charge in [0.15, 0.2) is 6.61 Å². The van der Waals surface area contributed by atoms with Gasteiger partial charge in [-0.2, -0.15) is 5.10 Å². The van der Waals surface area contributed by atoms with E-state index in [1.54, 1.807) is 24.3 Å². The average Bonchev–Trinajstić information content (AvgIpc) is 2.54. The molecule has 124 valence electrons. The third-order valence-corrected chi connectivity index (χ3v) is 3.83. The molecule has 0 spiro atoms. The molecule has 7 nitrogen and oxygen atoms in total. The molecule has 2 rings (SSSR count). The lowest BCUT2D eigenvalue weighted by Gasteiger charge is -2.06. The fourth-order valence-electron chi connectivity index (χ4n) is 1.64. The van der Waals surface area contributed by atoms with E-state index in [9.17, 15) is 9.59 Å². The van der Waals surface area contributed by atoms with E-state index >= 15 is 0 Å². The summed E-state index contributed by atoms with van der Waals surface area (Å²) in [5, 5.41) is 12.6. The minimum atomic E-state index is -1.05. The maximum Gasteiger partial charge on any atom is 0.341 e. The third kappa shape index (κ3) is 5.17.